The number of allylic oxidation sites excluding steroid dienone is 1. The number of nitrogens with zero attached hydrogens (tertiary/aromatic N) is 1. The van der Waals surface area contributed by atoms with E-state index in [-0.39, 0.29) is 12.5 Å². The van der Waals surface area contributed by atoms with Gasteiger partial charge in [-0.3, -0.25) is 0 Å². The van der Waals surface area contributed by atoms with Crippen molar-refractivity contribution >= 4 is 11.6 Å². The van der Waals surface area contributed by atoms with Gasteiger partial charge in [0, 0.05) is 36.0 Å². The minimum atomic E-state index is 0.219. The number of aromatic nitrogens is 1. The first kappa shape index (κ1) is 14.4. The standard InChI is InChI=1S/C18H20ClNO/c1-2-9-20-10-3-4-18(20)16-11-15(17(16)12-21)13-5-7-14(19)8-6-13/h2-8,10,15-17,21H,1,9,11-12H2. The SMILES string of the molecule is C=CCn1cccc1C1CC(c2ccc(Cl)cc2)C1CO. The molecule has 21 heavy (non-hydrogen) atoms. The van der Waals surface area contributed by atoms with Crippen molar-refractivity contribution in [3.63, 3.8) is 0 Å². The predicted octanol–water partition coefficient (Wildman–Crippen LogP) is 4.21. The smallest absolute Gasteiger partial charge is 0.0471 e. The fourth-order valence-corrected chi connectivity index (χ4v) is 3.59. The Morgan fingerprint density at radius 1 is 1.24 bits per heavy atom. The first-order valence-electron chi connectivity index (χ1n) is 7.37. The van der Waals surface area contributed by atoms with Crippen molar-refractivity contribution in [1.29, 1.82) is 0 Å². The van der Waals surface area contributed by atoms with Gasteiger partial charge < -0.3 is 9.67 Å². The highest BCUT2D eigenvalue weighted by molar-refractivity contribution is 6.30. The molecule has 1 fully saturated rings. The van der Waals surface area contributed by atoms with Gasteiger partial charge in [0.05, 0.1) is 0 Å². The van der Waals surface area contributed by atoms with E-state index in [1.807, 2.05) is 18.2 Å². The molecule has 3 heteroatoms. The van der Waals surface area contributed by atoms with Crippen molar-refractivity contribution in [1.82, 2.24) is 4.57 Å². The van der Waals surface area contributed by atoms with Gasteiger partial charge in [0.25, 0.3) is 0 Å². The van der Waals surface area contributed by atoms with Crippen molar-refractivity contribution in [3.8, 4) is 0 Å². The predicted molar refractivity (Wildman–Crippen MR) is 86.8 cm³/mol. The molecule has 0 amide bonds. The second-order valence-electron chi connectivity index (χ2n) is 5.72. The van der Waals surface area contributed by atoms with E-state index in [4.69, 9.17) is 11.6 Å². The van der Waals surface area contributed by atoms with E-state index >= 15 is 0 Å². The average Bonchev–Trinajstić information content (AvgIpc) is 2.89. The van der Waals surface area contributed by atoms with Crippen molar-refractivity contribution in [3.05, 3.63) is 71.5 Å². The Kier molecular flexibility index (Phi) is 4.18. The summed E-state index contributed by atoms with van der Waals surface area (Å²) in [4.78, 5) is 0. The summed E-state index contributed by atoms with van der Waals surface area (Å²) < 4.78 is 2.22. The molecule has 0 saturated heterocycles. The van der Waals surface area contributed by atoms with Crippen molar-refractivity contribution in [2.24, 2.45) is 5.92 Å². The van der Waals surface area contributed by atoms with Crippen LogP contribution in [0.1, 0.15) is 29.5 Å². The molecule has 1 aromatic carbocycles. The van der Waals surface area contributed by atoms with E-state index in [2.05, 4.69) is 41.6 Å². The lowest BCUT2D eigenvalue weighted by atomic mass is 9.61. The van der Waals surface area contributed by atoms with E-state index < -0.39 is 0 Å². The summed E-state index contributed by atoms with van der Waals surface area (Å²) in [5.74, 6) is 1.12. The summed E-state index contributed by atoms with van der Waals surface area (Å²) in [5, 5.41) is 10.6. The highest BCUT2D eigenvalue weighted by atomic mass is 35.5. The van der Waals surface area contributed by atoms with Crippen LogP contribution in [-0.4, -0.2) is 16.3 Å². The third kappa shape index (κ3) is 2.66. The van der Waals surface area contributed by atoms with Crippen molar-refractivity contribution in [2.75, 3.05) is 6.61 Å². The summed E-state index contributed by atoms with van der Waals surface area (Å²) >= 11 is 5.95. The zero-order chi connectivity index (χ0) is 14.8. The maximum atomic E-state index is 9.81. The molecule has 0 spiro atoms. The molecule has 0 radical (unpaired) electrons. The van der Waals surface area contributed by atoms with Crippen LogP contribution in [0.5, 0.6) is 0 Å². The number of aliphatic hydroxyl groups excluding tert-OH is 1. The van der Waals surface area contributed by atoms with E-state index in [1.165, 1.54) is 11.3 Å². The molecular formula is C18H20ClNO. The number of halogens is 1. The Morgan fingerprint density at radius 2 is 2.00 bits per heavy atom. The fraction of sp³-hybridized carbons (Fsp3) is 0.333. The number of hydrogen-bond acceptors (Lipinski definition) is 1. The third-order valence-electron chi connectivity index (χ3n) is 4.62. The van der Waals surface area contributed by atoms with Crippen LogP contribution < -0.4 is 0 Å². The highest BCUT2D eigenvalue weighted by Gasteiger charge is 2.43. The monoisotopic (exact) mass is 301 g/mol. The normalized spacial score (nSPS) is 24.6. The van der Waals surface area contributed by atoms with Gasteiger partial charge in [-0.1, -0.05) is 29.8 Å². The largest absolute Gasteiger partial charge is 0.396 e. The van der Waals surface area contributed by atoms with Crippen molar-refractivity contribution < 1.29 is 5.11 Å². The Labute approximate surface area is 130 Å². The van der Waals surface area contributed by atoms with Gasteiger partial charge in [-0.2, -0.15) is 0 Å². The molecule has 1 aliphatic carbocycles. The van der Waals surface area contributed by atoms with Crippen LogP contribution >= 0.6 is 11.6 Å². The Balaban J connectivity index is 1.80. The van der Waals surface area contributed by atoms with Crippen LogP contribution in [0.15, 0.2) is 55.3 Å². The van der Waals surface area contributed by atoms with Crippen LogP contribution in [0.4, 0.5) is 0 Å². The second-order valence-corrected chi connectivity index (χ2v) is 6.16. The summed E-state index contributed by atoms with van der Waals surface area (Å²) in [6, 6.07) is 12.2. The maximum Gasteiger partial charge on any atom is 0.0471 e. The molecular weight excluding hydrogens is 282 g/mol. The van der Waals surface area contributed by atoms with Gasteiger partial charge in [-0.05, 0) is 48.1 Å². The average molecular weight is 302 g/mol. The molecule has 3 rings (SSSR count). The Bertz CT molecular complexity index is 616. The summed E-state index contributed by atoms with van der Waals surface area (Å²) in [6.07, 6.45) is 5.07. The van der Waals surface area contributed by atoms with Crippen LogP contribution in [-0.2, 0) is 6.54 Å². The molecule has 3 atom stereocenters. The molecule has 1 N–H and O–H groups in total. The molecule has 1 aromatic heterocycles. The molecule has 2 aromatic rings. The number of aliphatic hydroxyl groups is 1. The van der Waals surface area contributed by atoms with E-state index in [0.29, 0.717) is 11.8 Å². The third-order valence-corrected chi connectivity index (χ3v) is 4.87. The Morgan fingerprint density at radius 3 is 2.67 bits per heavy atom. The quantitative estimate of drug-likeness (QED) is 0.822. The summed E-state index contributed by atoms with van der Waals surface area (Å²) in [5.41, 5.74) is 2.58. The molecule has 1 saturated carbocycles. The fourth-order valence-electron chi connectivity index (χ4n) is 3.46. The van der Waals surface area contributed by atoms with Crippen LogP contribution in [0.2, 0.25) is 5.02 Å². The maximum absolute atomic E-state index is 9.81. The summed E-state index contributed by atoms with van der Waals surface area (Å²) in [7, 11) is 0. The summed E-state index contributed by atoms with van der Waals surface area (Å²) in [6.45, 7) is 4.85. The first-order chi connectivity index (χ1) is 10.2. The molecule has 110 valence electrons. The van der Waals surface area contributed by atoms with Gasteiger partial charge in [0.15, 0.2) is 0 Å². The lowest BCUT2D eigenvalue weighted by Gasteiger charge is -2.44. The van der Waals surface area contributed by atoms with Crippen molar-refractivity contribution in [2.45, 2.75) is 24.8 Å². The minimum Gasteiger partial charge on any atom is -0.396 e. The van der Waals surface area contributed by atoms with Crippen LogP contribution in [0.25, 0.3) is 0 Å². The number of rotatable bonds is 5. The van der Waals surface area contributed by atoms with Gasteiger partial charge in [0.2, 0.25) is 0 Å². The molecule has 0 bridgehead atoms. The molecule has 0 aliphatic heterocycles. The highest BCUT2D eigenvalue weighted by Crippen LogP contribution is 2.52. The number of benzene rings is 1. The minimum absolute atomic E-state index is 0.219. The van der Waals surface area contributed by atoms with Gasteiger partial charge in [-0.15, -0.1) is 6.58 Å². The van der Waals surface area contributed by atoms with E-state index in [9.17, 15) is 5.11 Å². The topological polar surface area (TPSA) is 25.2 Å². The molecule has 1 heterocycles. The molecule has 3 unspecified atom stereocenters. The number of hydrogen-bond donors (Lipinski definition) is 1. The first-order valence-corrected chi connectivity index (χ1v) is 7.74. The lowest BCUT2D eigenvalue weighted by Crippen LogP contribution is -2.36. The molecule has 1 aliphatic rings. The van der Waals surface area contributed by atoms with E-state index in [1.54, 1.807) is 0 Å². The Hall–Kier alpha value is -1.51. The molecule has 2 nitrogen and oxygen atoms in total. The zero-order valence-corrected chi connectivity index (χ0v) is 12.7. The lowest BCUT2D eigenvalue weighted by molar-refractivity contribution is 0.102. The van der Waals surface area contributed by atoms with Crippen LogP contribution in [0, 0.1) is 5.92 Å². The zero-order valence-electron chi connectivity index (χ0n) is 12.0. The van der Waals surface area contributed by atoms with Gasteiger partial charge in [-0.25, -0.2) is 0 Å². The van der Waals surface area contributed by atoms with E-state index in [0.717, 1.165) is 18.0 Å². The van der Waals surface area contributed by atoms with Gasteiger partial charge >= 0.3 is 0 Å². The van der Waals surface area contributed by atoms with Crippen LogP contribution in [0.3, 0.4) is 0 Å². The van der Waals surface area contributed by atoms with Gasteiger partial charge in [0.1, 0.15) is 0 Å². The second kappa shape index (κ2) is 6.08.